The third kappa shape index (κ3) is 3.21. The minimum atomic E-state index is -0.979. The van der Waals surface area contributed by atoms with Gasteiger partial charge in [0.25, 0.3) is 0 Å². The van der Waals surface area contributed by atoms with E-state index in [4.69, 9.17) is 5.11 Å². The van der Waals surface area contributed by atoms with Crippen LogP contribution in [0.3, 0.4) is 0 Å². The van der Waals surface area contributed by atoms with E-state index in [1.807, 2.05) is 17.5 Å². The summed E-state index contributed by atoms with van der Waals surface area (Å²) >= 11 is 1.58. The molecule has 1 aliphatic rings. The molecule has 3 N–H and O–H groups in total. The van der Waals surface area contributed by atoms with E-state index < -0.39 is 12.1 Å². The first-order valence-corrected chi connectivity index (χ1v) is 6.56. The van der Waals surface area contributed by atoms with Gasteiger partial charge in [0.15, 0.2) is 0 Å². The van der Waals surface area contributed by atoms with Crippen LogP contribution in [-0.2, 0) is 11.3 Å². The molecule has 98 valence electrons. The second kappa shape index (κ2) is 5.83. The van der Waals surface area contributed by atoms with Crippen molar-refractivity contribution in [2.45, 2.75) is 12.6 Å². The molecular formula is C11H15N3O3S. The summed E-state index contributed by atoms with van der Waals surface area (Å²) in [6, 6.07) is 3.41. The molecule has 2 amide bonds. The zero-order chi connectivity index (χ0) is 13.0. The number of hydrogen-bond donors (Lipinski definition) is 3. The van der Waals surface area contributed by atoms with Crippen LogP contribution in [-0.4, -0.2) is 47.7 Å². The molecule has 1 aromatic rings. The number of thiophene rings is 1. The van der Waals surface area contributed by atoms with E-state index in [1.54, 1.807) is 11.3 Å². The summed E-state index contributed by atoms with van der Waals surface area (Å²) in [5, 5.41) is 16.7. The molecule has 2 heterocycles. The Morgan fingerprint density at radius 1 is 1.61 bits per heavy atom. The van der Waals surface area contributed by atoms with Crippen LogP contribution in [0, 0.1) is 0 Å². The highest BCUT2D eigenvalue weighted by Gasteiger charge is 2.27. The Kier molecular flexibility index (Phi) is 4.16. The number of rotatable bonds is 3. The standard InChI is InChI=1S/C11H15N3O3S/c15-10(13-6-8-2-1-5-18-8)9-7-14(11(16)17)4-3-12-9/h1-2,5,9,12H,3-4,6-7H2,(H,13,15)(H,16,17). The van der Waals surface area contributed by atoms with Crippen LogP contribution in [0.25, 0.3) is 0 Å². The van der Waals surface area contributed by atoms with E-state index in [9.17, 15) is 9.59 Å². The van der Waals surface area contributed by atoms with Crippen LogP contribution in [0.2, 0.25) is 0 Å². The molecule has 1 aliphatic heterocycles. The maximum atomic E-state index is 11.9. The smallest absolute Gasteiger partial charge is 0.407 e. The lowest BCUT2D eigenvalue weighted by atomic mass is 10.2. The SMILES string of the molecule is O=C(NCc1cccs1)C1CN(C(=O)O)CCN1. The average Bonchev–Trinajstić information content (AvgIpc) is 2.89. The lowest BCUT2D eigenvalue weighted by Crippen LogP contribution is -2.58. The van der Waals surface area contributed by atoms with Gasteiger partial charge < -0.3 is 20.6 Å². The highest BCUT2D eigenvalue weighted by Crippen LogP contribution is 2.08. The molecule has 1 atom stereocenters. The second-order valence-corrected chi connectivity index (χ2v) is 5.06. The number of hydrogen-bond acceptors (Lipinski definition) is 4. The van der Waals surface area contributed by atoms with Gasteiger partial charge in [-0.05, 0) is 11.4 Å². The molecule has 1 unspecified atom stereocenters. The largest absolute Gasteiger partial charge is 0.465 e. The number of carboxylic acid groups (broad SMARTS) is 1. The summed E-state index contributed by atoms with van der Waals surface area (Å²) in [4.78, 5) is 25.0. The molecular weight excluding hydrogens is 254 g/mol. The molecule has 2 rings (SSSR count). The number of carbonyl (C=O) groups is 2. The van der Waals surface area contributed by atoms with E-state index in [0.717, 1.165) is 4.88 Å². The van der Waals surface area contributed by atoms with Crippen molar-refractivity contribution < 1.29 is 14.7 Å². The zero-order valence-electron chi connectivity index (χ0n) is 9.76. The van der Waals surface area contributed by atoms with Gasteiger partial charge in [0, 0.05) is 24.5 Å². The normalized spacial score (nSPS) is 19.6. The van der Waals surface area contributed by atoms with Gasteiger partial charge in [0.1, 0.15) is 6.04 Å². The van der Waals surface area contributed by atoms with Crippen LogP contribution < -0.4 is 10.6 Å². The Bertz CT molecular complexity index is 421. The predicted molar refractivity (Wildman–Crippen MR) is 67.6 cm³/mol. The molecule has 0 bridgehead atoms. The van der Waals surface area contributed by atoms with E-state index in [2.05, 4.69) is 10.6 Å². The second-order valence-electron chi connectivity index (χ2n) is 4.03. The van der Waals surface area contributed by atoms with Crippen molar-refractivity contribution in [3.05, 3.63) is 22.4 Å². The summed E-state index contributed by atoms with van der Waals surface area (Å²) < 4.78 is 0. The van der Waals surface area contributed by atoms with E-state index in [-0.39, 0.29) is 12.5 Å². The zero-order valence-corrected chi connectivity index (χ0v) is 10.6. The highest BCUT2D eigenvalue weighted by atomic mass is 32.1. The van der Waals surface area contributed by atoms with Crippen molar-refractivity contribution in [1.29, 1.82) is 0 Å². The molecule has 0 radical (unpaired) electrons. The quantitative estimate of drug-likeness (QED) is 0.738. The van der Waals surface area contributed by atoms with Crippen molar-refractivity contribution in [1.82, 2.24) is 15.5 Å². The lowest BCUT2D eigenvalue weighted by molar-refractivity contribution is -0.124. The third-order valence-electron chi connectivity index (χ3n) is 2.78. The van der Waals surface area contributed by atoms with Crippen LogP contribution in [0.1, 0.15) is 4.88 Å². The van der Waals surface area contributed by atoms with Crippen LogP contribution >= 0.6 is 11.3 Å². The predicted octanol–water partition coefficient (Wildman–Crippen LogP) is 0.316. The minimum absolute atomic E-state index is 0.158. The van der Waals surface area contributed by atoms with Gasteiger partial charge in [-0.2, -0.15) is 0 Å². The van der Waals surface area contributed by atoms with Crippen LogP contribution in [0.15, 0.2) is 17.5 Å². The van der Waals surface area contributed by atoms with Gasteiger partial charge in [-0.25, -0.2) is 4.79 Å². The first-order chi connectivity index (χ1) is 8.66. The van der Waals surface area contributed by atoms with Crippen LogP contribution in [0.5, 0.6) is 0 Å². The summed E-state index contributed by atoms with van der Waals surface area (Å²) in [6.45, 7) is 1.61. The molecule has 18 heavy (non-hydrogen) atoms. The number of amides is 2. The topological polar surface area (TPSA) is 81.7 Å². The monoisotopic (exact) mass is 269 g/mol. The Morgan fingerprint density at radius 3 is 3.11 bits per heavy atom. The molecule has 7 heteroatoms. The molecule has 0 saturated carbocycles. The number of nitrogens with zero attached hydrogens (tertiary/aromatic N) is 1. The lowest BCUT2D eigenvalue weighted by Gasteiger charge is -2.30. The summed E-state index contributed by atoms with van der Waals surface area (Å²) in [6.07, 6.45) is -0.979. The van der Waals surface area contributed by atoms with Crippen molar-refractivity contribution in [3.63, 3.8) is 0 Å². The van der Waals surface area contributed by atoms with Gasteiger partial charge in [0.2, 0.25) is 5.91 Å². The van der Waals surface area contributed by atoms with E-state index in [1.165, 1.54) is 4.90 Å². The van der Waals surface area contributed by atoms with Gasteiger partial charge in [-0.3, -0.25) is 4.79 Å². The average molecular weight is 269 g/mol. The maximum Gasteiger partial charge on any atom is 0.407 e. The number of piperazine rings is 1. The summed E-state index contributed by atoms with van der Waals surface area (Å²) in [5.41, 5.74) is 0. The Hall–Kier alpha value is -1.60. The summed E-state index contributed by atoms with van der Waals surface area (Å²) in [7, 11) is 0. The van der Waals surface area contributed by atoms with Crippen LogP contribution in [0.4, 0.5) is 4.79 Å². The molecule has 1 aromatic heterocycles. The third-order valence-corrected chi connectivity index (χ3v) is 3.66. The molecule has 0 aromatic carbocycles. The molecule has 6 nitrogen and oxygen atoms in total. The fourth-order valence-corrected chi connectivity index (χ4v) is 2.45. The Balaban J connectivity index is 1.83. The van der Waals surface area contributed by atoms with Gasteiger partial charge in [-0.1, -0.05) is 6.07 Å². The number of nitrogens with one attached hydrogen (secondary N) is 2. The fourth-order valence-electron chi connectivity index (χ4n) is 1.81. The van der Waals surface area contributed by atoms with Gasteiger partial charge in [0.05, 0.1) is 6.54 Å². The van der Waals surface area contributed by atoms with Gasteiger partial charge >= 0.3 is 6.09 Å². The fraction of sp³-hybridized carbons (Fsp3) is 0.455. The maximum absolute atomic E-state index is 11.9. The number of carbonyl (C=O) groups excluding carboxylic acids is 1. The van der Waals surface area contributed by atoms with Gasteiger partial charge in [-0.15, -0.1) is 11.3 Å². The van der Waals surface area contributed by atoms with E-state index >= 15 is 0 Å². The highest BCUT2D eigenvalue weighted by molar-refractivity contribution is 7.09. The first-order valence-electron chi connectivity index (χ1n) is 5.68. The van der Waals surface area contributed by atoms with Crippen molar-refractivity contribution in [2.75, 3.05) is 19.6 Å². The molecule has 1 fully saturated rings. The molecule has 0 aliphatic carbocycles. The minimum Gasteiger partial charge on any atom is -0.465 e. The van der Waals surface area contributed by atoms with E-state index in [0.29, 0.717) is 19.6 Å². The Morgan fingerprint density at radius 2 is 2.44 bits per heavy atom. The first kappa shape index (κ1) is 12.8. The Labute approximate surface area is 109 Å². The van der Waals surface area contributed by atoms with Crippen molar-refractivity contribution >= 4 is 23.3 Å². The van der Waals surface area contributed by atoms with Crippen molar-refractivity contribution in [3.8, 4) is 0 Å². The van der Waals surface area contributed by atoms with Crippen molar-refractivity contribution in [2.24, 2.45) is 0 Å². The molecule has 0 spiro atoms. The summed E-state index contributed by atoms with van der Waals surface area (Å²) in [5.74, 6) is -0.158. The molecule has 1 saturated heterocycles.